The predicted molar refractivity (Wildman–Crippen MR) is 77.6 cm³/mol. The zero-order valence-electron chi connectivity index (χ0n) is 12.5. The number of esters is 1. The summed E-state index contributed by atoms with van der Waals surface area (Å²) in [6.07, 6.45) is 0.0216. The highest BCUT2D eigenvalue weighted by molar-refractivity contribution is 5.91. The number of rotatable bonds is 7. The molecule has 120 valence electrons. The number of phenolic OH excluding ortho intramolecular Hbond substituents is 1. The molecule has 0 radical (unpaired) electrons. The lowest BCUT2D eigenvalue weighted by molar-refractivity contribution is -0.138. The first-order valence-corrected chi connectivity index (χ1v) is 6.74. The molecule has 0 aliphatic carbocycles. The molecule has 0 fully saturated rings. The lowest BCUT2D eigenvalue weighted by Crippen LogP contribution is -2.34. The normalized spacial score (nSPS) is 11.5. The largest absolute Gasteiger partial charge is 0.508 e. The number of carboxylic acid groups (broad SMARTS) is 1. The van der Waals surface area contributed by atoms with Gasteiger partial charge in [0.15, 0.2) is 0 Å². The lowest BCUT2D eigenvalue weighted by Gasteiger charge is -2.16. The molecule has 0 heterocycles. The number of amides is 1. The number of aromatic hydroxyl groups is 1. The Morgan fingerprint density at radius 1 is 1.27 bits per heavy atom. The van der Waals surface area contributed by atoms with Gasteiger partial charge in [0.2, 0.25) is 5.91 Å². The lowest BCUT2D eigenvalue weighted by atomic mass is 10.0. The second kappa shape index (κ2) is 8.02. The van der Waals surface area contributed by atoms with Crippen LogP contribution in [0.4, 0.5) is 0 Å². The van der Waals surface area contributed by atoms with Crippen LogP contribution in [0.1, 0.15) is 35.7 Å². The van der Waals surface area contributed by atoms with Crippen molar-refractivity contribution in [2.45, 2.75) is 32.2 Å². The third-order valence-electron chi connectivity index (χ3n) is 3.00. The molecular weight excluding hydrogens is 290 g/mol. The van der Waals surface area contributed by atoms with E-state index in [2.05, 4.69) is 10.1 Å². The van der Waals surface area contributed by atoms with Gasteiger partial charge < -0.3 is 20.3 Å². The fourth-order valence-corrected chi connectivity index (χ4v) is 1.99. The SMILES string of the molecule is COC(=O)c1cc(O)ccc1C[C@@H](C)NC(=O)CCC(=O)O. The maximum atomic E-state index is 11.7. The maximum absolute atomic E-state index is 11.7. The molecule has 1 rings (SSSR count). The zero-order valence-corrected chi connectivity index (χ0v) is 12.5. The number of carbonyl (C=O) groups is 3. The van der Waals surface area contributed by atoms with Gasteiger partial charge in [-0.3, -0.25) is 9.59 Å². The molecule has 0 saturated carbocycles. The van der Waals surface area contributed by atoms with Gasteiger partial charge in [-0.1, -0.05) is 6.07 Å². The fourth-order valence-electron chi connectivity index (χ4n) is 1.99. The number of ether oxygens (including phenoxy) is 1. The van der Waals surface area contributed by atoms with Crippen LogP contribution in [0.15, 0.2) is 18.2 Å². The molecule has 1 aromatic rings. The van der Waals surface area contributed by atoms with Crippen molar-refractivity contribution in [1.82, 2.24) is 5.32 Å². The first-order chi connectivity index (χ1) is 10.3. The molecular formula is C15H19NO6. The number of aliphatic carboxylic acids is 1. The third-order valence-corrected chi connectivity index (χ3v) is 3.00. The molecule has 0 unspecified atom stereocenters. The van der Waals surface area contributed by atoms with Crippen molar-refractivity contribution in [3.05, 3.63) is 29.3 Å². The van der Waals surface area contributed by atoms with Crippen LogP contribution in [0.2, 0.25) is 0 Å². The summed E-state index contributed by atoms with van der Waals surface area (Å²) < 4.78 is 4.66. The summed E-state index contributed by atoms with van der Waals surface area (Å²) in [6.45, 7) is 1.74. The summed E-state index contributed by atoms with van der Waals surface area (Å²) in [5.74, 6) is -2.03. The van der Waals surface area contributed by atoms with Crippen LogP contribution in [0.3, 0.4) is 0 Å². The van der Waals surface area contributed by atoms with Gasteiger partial charge in [-0.25, -0.2) is 4.79 Å². The summed E-state index contributed by atoms with van der Waals surface area (Å²) >= 11 is 0. The molecule has 0 aliphatic rings. The van der Waals surface area contributed by atoms with E-state index in [1.165, 1.54) is 19.2 Å². The number of carboxylic acids is 1. The van der Waals surface area contributed by atoms with E-state index in [0.717, 1.165) is 0 Å². The smallest absolute Gasteiger partial charge is 0.338 e. The monoisotopic (exact) mass is 309 g/mol. The Bertz CT molecular complexity index is 569. The molecule has 1 aromatic carbocycles. The molecule has 0 aliphatic heterocycles. The van der Waals surface area contributed by atoms with Crippen LogP contribution in [0.5, 0.6) is 5.75 Å². The van der Waals surface area contributed by atoms with E-state index in [0.29, 0.717) is 12.0 Å². The molecule has 0 aromatic heterocycles. The quantitative estimate of drug-likeness (QED) is 0.650. The van der Waals surface area contributed by atoms with Crippen molar-refractivity contribution in [3.8, 4) is 5.75 Å². The Kier molecular flexibility index (Phi) is 6.37. The molecule has 7 heteroatoms. The van der Waals surface area contributed by atoms with E-state index < -0.39 is 11.9 Å². The highest BCUT2D eigenvalue weighted by Gasteiger charge is 2.16. The van der Waals surface area contributed by atoms with Gasteiger partial charge in [-0.2, -0.15) is 0 Å². The summed E-state index contributed by atoms with van der Waals surface area (Å²) in [5, 5.41) is 20.6. The van der Waals surface area contributed by atoms with E-state index in [9.17, 15) is 19.5 Å². The third kappa shape index (κ3) is 5.43. The van der Waals surface area contributed by atoms with Crippen LogP contribution in [0.25, 0.3) is 0 Å². The molecule has 0 spiro atoms. The van der Waals surface area contributed by atoms with Crippen LogP contribution >= 0.6 is 0 Å². The van der Waals surface area contributed by atoms with Crippen molar-refractivity contribution < 1.29 is 29.3 Å². The predicted octanol–water partition coefficient (Wildman–Crippen LogP) is 1.09. The van der Waals surface area contributed by atoms with E-state index in [-0.39, 0.29) is 36.1 Å². The topological polar surface area (TPSA) is 113 Å². The number of methoxy groups -OCH3 is 1. The first kappa shape index (κ1) is 17.5. The average Bonchev–Trinajstić information content (AvgIpc) is 2.46. The van der Waals surface area contributed by atoms with E-state index in [1.54, 1.807) is 13.0 Å². The highest BCUT2D eigenvalue weighted by Crippen LogP contribution is 2.19. The molecule has 1 amide bonds. The summed E-state index contributed by atoms with van der Waals surface area (Å²) in [5.41, 5.74) is 0.852. The minimum atomic E-state index is -1.03. The Hall–Kier alpha value is -2.57. The second-order valence-electron chi connectivity index (χ2n) is 4.90. The first-order valence-electron chi connectivity index (χ1n) is 6.74. The maximum Gasteiger partial charge on any atom is 0.338 e. The van der Waals surface area contributed by atoms with Crippen molar-refractivity contribution >= 4 is 17.8 Å². The molecule has 0 bridgehead atoms. The molecule has 7 nitrogen and oxygen atoms in total. The molecule has 0 saturated heterocycles. The fraction of sp³-hybridized carbons (Fsp3) is 0.400. The van der Waals surface area contributed by atoms with Crippen molar-refractivity contribution in [1.29, 1.82) is 0 Å². The van der Waals surface area contributed by atoms with E-state index >= 15 is 0 Å². The highest BCUT2D eigenvalue weighted by atomic mass is 16.5. The van der Waals surface area contributed by atoms with Gasteiger partial charge in [0.1, 0.15) is 5.75 Å². The van der Waals surface area contributed by atoms with Crippen LogP contribution in [0, 0.1) is 0 Å². The summed E-state index contributed by atoms with van der Waals surface area (Å²) in [6, 6.07) is 4.04. The number of hydrogen-bond acceptors (Lipinski definition) is 5. The van der Waals surface area contributed by atoms with Crippen LogP contribution in [-0.2, 0) is 20.7 Å². The van der Waals surface area contributed by atoms with Gasteiger partial charge in [-0.15, -0.1) is 0 Å². The van der Waals surface area contributed by atoms with Gasteiger partial charge in [0, 0.05) is 12.5 Å². The Morgan fingerprint density at radius 2 is 1.95 bits per heavy atom. The van der Waals surface area contributed by atoms with Gasteiger partial charge in [0.25, 0.3) is 0 Å². The number of hydrogen-bond donors (Lipinski definition) is 3. The average molecular weight is 309 g/mol. The summed E-state index contributed by atoms with van der Waals surface area (Å²) in [4.78, 5) is 33.7. The number of benzene rings is 1. The van der Waals surface area contributed by atoms with Gasteiger partial charge >= 0.3 is 11.9 Å². The Balaban J connectivity index is 2.71. The van der Waals surface area contributed by atoms with E-state index in [4.69, 9.17) is 5.11 Å². The number of carbonyl (C=O) groups excluding carboxylic acids is 2. The standard InChI is InChI=1S/C15H19NO6/c1-9(16-13(18)5-6-14(19)20)7-10-3-4-11(17)8-12(10)15(21)22-2/h3-4,8-9,17H,5-7H2,1-2H3,(H,16,18)(H,19,20)/t9-/m1/s1. The van der Waals surface area contributed by atoms with Crippen molar-refractivity contribution in [2.75, 3.05) is 7.11 Å². The molecule has 3 N–H and O–H groups in total. The molecule has 1 atom stereocenters. The van der Waals surface area contributed by atoms with Crippen LogP contribution in [-0.4, -0.2) is 41.2 Å². The summed E-state index contributed by atoms with van der Waals surface area (Å²) in [7, 11) is 1.24. The van der Waals surface area contributed by atoms with Crippen LogP contribution < -0.4 is 5.32 Å². The Labute approximate surface area is 127 Å². The van der Waals surface area contributed by atoms with Crippen molar-refractivity contribution in [3.63, 3.8) is 0 Å². The second-order valence-corrected chi connectivity index (χ2v) is 4.90. The van der Waals surface area contributed by atoms with Crippen molar-refractivity contribution in [2.24, 2.45) is 0 Å². The molecule has 22 heavy (non-hydrogen) atoms. The van der Waals surface area contributed by atoms with Gasteiger partial charge in [-0.05, 0) is 31.0 Å². The number of phenols is 1. The zero-order chi connectivity index (χ0) is 16.7. The van der Waals surface area contributed by atoms with E-state index in [1.807, 2.05) is 0 Å². The van der Waals surface area contributed by atoms with Gasteiger partial charge in [0.05, 0.1) is 19.1 Å². The Morgan fingerprint density at radius 3 is 2.55 bits per heavy atom. The minimum absolute atomic E-state index is 0.0534. The number of nitrogens with one attached hydrogen (secondary N) is 1. The minimum Gasteiger partial charge on any atom is -0.508 e.